The van der Waals surface area contributed by atoms with Crippen molar-refractivity contribution in [2.24, 2.45) is 4.99 Å². The highest BCUT2D eigenvalue weighted by Crippen LogP contribution is 2.31. The molecular weight excluding hydrogens is 380 g/mol. The highest BCUT2D eigenvalue weighted by Gasteiger charge is 2.28. The Bertz CT molecular complexity index is 1040. The molecule has 7 heteroatoms. The molecule has 30 heavy (non-hydrogen) atoms. The van der Waals surface area contributed by atoms with E-state index >= 15 is 0 Å². The summed E-state index contributed by atoms with van der Waals surface area (Å²) in [7, 11) is 0. The molecule has 0 aliphatic heterocycles. The molecule has 0 aromatic carbocycles. The van der Waals surface area contributed by atoms with Crippen LogP contribution in [-0.2, 0) is 0 Å². The summed E-state index contributed by atoms with van der Waals surface area (Å²) in [6.45, 7) is 1.94. The minimum Gasteiger partial charge on any atom is -0.494 e. The summed E-state index contributed by atoms with van der Waals surface area (Å²) in [5, 5.41) is 11.0. The highest BCUT2D eigenvalue weighted by atomic mass is 16.3. The molecule has 0 saturated heterocycles. The zero-order valence-corrected chi connectivity index (χ0v) is 17.6. The minimum absolute atomic E-state index is 0.0778. The number of aliphatic imine (C=N–C) groups is 1. The van der Waals surface area contributed by atoms with Gasteiger partial charge >= 0.3 is 5.69 Å². The van der Waals surface area contributed by atoms with Gasteiger partial charge in [-0.1, -0.05) is 38.5 Å². The normalized spacial score (nSPS) is 18.8. The second-order valence-corrected chi connectivity index (χ2v) is 8.60. The fraction of sp³-hybridized carbons (Fsp3) is 0.565. The van der Waals surface area contributed by atoms with Gasteiger partial charge in [-0.25, -0.2) is 14.8 Å². The maximum atomic E-state index is 13.4. The van der Waals surface area contributed by atoms with E-state index in [0.717, 1.165) is 69.8 Å². The molecule has 0 unspecified atom stereocenters. The fourth-order valence-electron chi connectivity index (χ4n) is 4.81. The van der Waals surface area contributed by atoms with Gasteiger partial charge in [-0.15, -0.1) is 0 Å². The molecule has 0 bridgehead atoms. The van der Waals surface area contributed by atoms with Crippen LogP contribution >= 0.6 is 0 Å². The number of aromatic hydroxyl groups is 1. The van der Waals surface area contributed by atoms with Gasteiger partial charge in [-0.05, 0) is 50.3 Å². The second-order valence-electron chi connectivity index (χ2n) is 8.60. The molecule has 7 nitrogen and oxygen atoms in total. The summed E-state index contributed by atoms with van der Waals surface area (Å²) in [4.78, 5) is 35.2. The quantitative estimate of drug-likeness (QED) is 0.766. The topological polar surface area (TPSA) is 89.5 Å². The lowest BCUT2D eigenvalue weighted by Crippen LogP contribution is -2.45. The van der Waals surface area contributed by atoms with E-state index in [-0.39, 0.29) is 29.2 Å². The third-order valence-electron chi connectivity index (χ3n) is 6.44. The molecule has 0 amide bonds. The first-order valence-corrected chi connectivity index (χ1v) is 11.1. The summed E-state index contributed by atoms with van der Waals surface area (Å²) in [6.07, 6.45) is 12.7. The third-order valence-corrected chi connectivity index (χ3v) is 6.44. The average molecular weight is 411 g/mol. The Labute approximate surface area is 176 Å². The van der Waals surface area contributed by atoms with Gasteiger partial charge in [0.25, 0.3) is 5.56 Å². The van der Waals surface area contributed by atoms with E-state index in [4.69, 9.17) is 0 Å². The molecule has 2 saturated carbocycles. The summed E-state index contributed by atoms with van der Waals surface area (Å²) in [6, 6.07) is 3.49. The van der Waals surface area contributed by atoms with Crippen molar-refractivity contribution < 1.29 is 5.11 Å². The molecular formula is C23H30N4O3. The van der Waals surface area contributed by atoms with E-state index in [2.05, 4.69) is 9.98 Å². The average Bonchev–Trinajstić information content (AvgIpc) is 2.75. The standard InChI is InChI=1S/C23H30N4O3/c1-16-12-13-24-20(14-16)25-15-19-21(28)26(17-8-4-2-5-9-17)23(30)27(22(19)29)18-10-6-3-7-11-18/h12-15,17-18,28H,2-11H2,1H3. The summed E-state index contributed by atoms with van der Waals surface area (Å²) in [5.74, 6) is 0.203. The van der Waals surface area contributed by atoms with E-state index in [9.17, 15) is 14.7 Å². The van der Waals surface area contributed by atoms with Gasteiger partial charge < -0.3 is 5.11 Å². The molecule has 0 radical (unpaired) electrons. The number of hydrogen-bond donors (Lipinski definition) is 1. The Morgan fingerprint density at radius 1 is 1.00 bits per heavy atom. The predicted molar refractivity (Wildman–Crippen MR) is 117 cm³/mol. The Hall–Kier alpha value is -2.70. The van der Waals surface area contributed by atoms with Crippen LogP contribution in [0.4, 0.5) is 5.82 Å². The van der Waals surface area contributed by atoms with Gasteiger partial charge in [0.1, 0.15) is 5.56 Å². The van der Waals surface area contributed by atoms with Crippen molar-refractivity contribution in [3.63, 3.8) is 0 Å². The van der Waals surface area contributed by atoms with Crippen molar-refractivity contribution in [2.45, 2.75) is 83.2 Å². The molecule has 2 aromatic rings. The Morgan fingerprint density at radius 2 is 1.60 bits per heavy atom. The SMILES string of the molecule is Cc1ccnc(N=Cc2c(O)n(C3CCCCC3)c(=O)n(C3CCCCC3)c2=O)c1. The molecule has 4 rings (SSSR count). The van der Waals surface area contributed by atoms with Crippen LogP contribution in [0, 0.1) is 6.92 Å². The van der Waals surface area contributed by atoms with Crippen LogP contribution in [0.2, 0.25) is 0 Å². The zero-order chi connectivity index (χ0) is 21.1. The van der Waals surface area contributed by atoms with Gasteiger partial charge in [-0.2, -0.15) is 0 Å². The molecule has 0 spiro atoms. The number of aromatic nitrogens is 3. The van der Waals surface area contributed by atoms with Gasteiger partial charge in [0.2, 0.25) is 5.88 Å². The van der Waals surface area contributed by atoms with Crippen molar-refractivity contribution in [1.29, 1.82) is 0 Å². The van der Waals surface area contributed by atoms with E-state index in [1.807, 2.05) is 19.1 Å². The van der Waals surface area contributed by atoms with Crippen LogP contribution in [0.15, 0.2) is 32.9 Å². The molecule has 0 atom stereocenters. The van der Waals surface area contributed by atoms with Crippen molar-refractivity contribution in [3.05, 3.63) is 50.3 Å². The van der Waals surface area contributed by atoms with Crippen LogP contribution in [0.5, 0.6) is 5.88 Å². The zero-order valence-electron chi connectivity index (χ0n) is 17.6. The summed E-state index contributed by atoms with van der Waals surface area (Å²) >= 11 is 0. The van der Waals surface area contributed by atoms with E-state index in [1.165, 1.54) is 15.3 Å². The fourth-order valence-corrected chi connectivity index (χ4v) is 4.81. The van der Waals surface area contributed by atoms with Crippen molar-refractivity contribution in [2.75, 3.05) is 0 Å². The van der Waals surface area contributed by atoms with Gasteiger partial charge in [-0.3, -0.25) is 13.9 Å². The van der Waals surface area contributed by atoms with Crippen molar-refractivity contribution in [1.82, 2.24) is 14.1 Å². The smallest absolute Gasteiger partial charge is 0.334 e. The molecule has 2 aliphatic carbocycles. The number of pyridine rings is 1. The van der Waals surface area contributed by atoms with Gasteiger partial charge in [0.05, 0.1) is 0 Å². The van der Waals surface area contributed by atoms with Crippen molar-refractivity contribution >= 4 is 12.0 Å². The maximum Gasteiger partial charge on any atom is 0.334 e. The Balaban J connectivity index is 1.85. The Morgan fingerprint density at radius 3 is 2.20 bits per heavy atom. The van der Waals surface area contributed by atoms with E-state index < -0.39 is 5.56 Å². The molecule has 2 aliphatic rings. The maximum absolute atomic E-state index is 13.4. The number of rotatable bonds is 4. The van der Waals surface area contributed by atoms with E-state index in [1.54, 1.807) is 6.20 Å². The molecule has 2 aromatic heterocycles. The van der Waals surface area contributed by atoms with Crippen LogP contribution in [0.3, 0.4) is 0 Å². The summed E-state index contributed by atoms with van der Waals surface area (Å²) < 4.78 is 2.85. The molecule has 2 heterocycles. The van der Waals surface area contributed by atoms with Crippen LogP contribution in [-0.4, -0.2) is 25.4 Å². The van der Waals surface area contributed by atoms with Crippen LogP contribution < -0.4 is 11.2 Å². The third kappa shape index (κ3) is 4.11. The Kier molecular flexibility index (Phi) is 6.16. The monoisotopic (exact) mass is 410 g/mol. The molecule has 2 fully saturated rings. The van der Waals surface area contributed by atoms with Crippen LogP contribution in [0.25, 0.3) is 0 Å². The van der Waals surface area contributed by atoms with Gasteiger partial charge in [0, 0.05) is 24.5 Å². The molecule has 1 N–H and O–H groups in total. The first-order valence-electron chi connectivity index (χ1n) is 11.1. The van der Waals surface area contributed by atoms with Crippen LogP contribution in [0.1, 0.15) is 87.4 Å². The largest absolute Gasteiger partial charge is 0.494 e. The minimum atomic E-state index is -0.451. The number of nitrogens with zero attached hydrogens (tertiary/aromatic N) is 4. The lowest BCUT2D eigenvalue weighted by Gasteiger charge is -2.29. The van der Waals surface area contributed by atoms with E-state index in [0.29, 0.717) is 5.82 Å². The van der Waals surface area contributed by atoms with Gasteiger partial charge in [0.15, 0.2) is 5.82 Å². The second kappa shape index (κ2) is 8.98. The number of hydrogen-bond acceptors (Lipinski definition) is 5. The number of aryl methyl sites for hydroxylation is 1. The predicted octanol–water partition coefficient (Wildman–Crippen LogP) is 4.18. The lowest BCUT2D eigenvalue weighted by atomic mass is 9.94. The first kappa shape index (κ1) is 20.6. The van der Waals surface area contributed by atoms with Crippen molar-refractivity contribution in [3.8, 4) is 5.88 Å². The lowest BCUT2D eigenvalue weighted by molar-refractivity contribution is 0.271. The summed E-state index contributed by atoms with van der Waals surface area (Å²) in [5.41, 5.74) is 0.261. The first-order chi connectivity index (χ1) is 14.6. The molecule has 160 valence electrons. The highest BCUT2D eigenvalue weighted by molar-refractivity contribution is 5.83.